The number of carbonyl (C=O) groups excluding carboxylic acids is 1. The SMILES string of the molecule is O=C(c1cccc([N+](=O)[O-])c1)n1c(/N=C/c2ccc(-c3ccccn3)cc2)nc2ccccc21. The number of pyridine rings is 1. The number of hydrogen-bond acceptors (Lipinski definition) is 6. The zero-order valence-corrected chi connectivity index (χ0v) is 17.8. The standard InChI is InChI=1S/C26H17N5O3/c32-25(20-6-5-7-21(16-20)31(33)34)30-24-10-2-1-9-23(24)29-26(30)28-17-18-11-13-19(14-12-18)22-8-3-4-15-27-22/h1-17H/b28-17+. The van der Waals surface area contributed by atoms with E-state index in [0.717, 1.165) is 16.8 Å². The Hall–Kier alpha value is -4.98. The maximum absolute atomic E-state index is 13.3. The number of nitro groups is 1. The van der Waals surface area contributed by atoms with Crippen LogP contribution >= 0.6 is 0 Å². The molecule has 0 amide bonds. The van der Waals surface area contributed by atoms with Gasteiger partial charge >= 0.3 is 0 Å². The van der Waals surface area contributed by atoms with Gasteiger partial charge in [0.2, 0.25) is 5.95 Å². The Morgan fingerprint density at radius 1 is 0.941 bits per heavy atom. The summed E-state index contributed by atoms with van der Waals surface area (Å²) in [6.07, 6.45) is 3.37. The fourth-order valence-electron chi connectivity index (χ4n) is 3.59. The van der Waals surface area contributed by atoms with Crippen LogP contribution in [0.1, 0.15) is 15.9 Å². The topological polar surface area (TPSA) is 103 Å². The number of nitro benzene ring substituents is 1. The van der Waals surface area contributed by atoms with Gasteiger partial charge in [-0.05, 0) is 35.9 Å². The lowest BCUT2D eigenvalue weighted by molar-refractivity contribution is -0.384. The maximum atomic E-state index is 13.3. The first-order valence-corrected chi connectivity index (χ1v) is 10.4. The molecule has 0 bridgehead atoms. The van der Waals surface area contributed by atoms with E-state index in [1.165, 1.54) is 28.8 Å². The summed E-state index contributed by atoms with van der Waals surface area (Å²) in [4.78, 5) is 37.3. The normalized spacial score (nSPS) is 11.2. The number of fused-ring (bicyclic) bond motifs is 1. The van der Waals surface area contributed by atoms with Gasteiger partial charge in [0.05, 0.1) is 21.7 Å². The smallest absolute Gasteiger partial charge is 0.268 e. The molecule has 0 fully saturated rings. The fraction of sp³-hybridized carbons (Fsp3) is 0. The van der Waals surface area contributed by atoms with Crippen molar-refractivity contribution in [3.05, 3.63) is 118 Å². The van der Waals surface area contributed by atoms with Gasteiger partial charge in [-0.3, -0.25) is 19.9 Å². The van der Waals surface area contributed by atoms with Gasteiger partial charge < -0.3 is 0 Å². The van der Waals surface area contributed by atoms with Crippen LogP contribution in [0.3, 0.4) is 0 Å². The highest BCUT2D eigenvalue weighted by Gasteiger charge is 2.19. The second-order valence-electron chi connectivity index (χ2n) is 7.44. The zero-order chi connectivity index (χ0) is 23.5. The minimum absolute atomic E-state index is 0.159. The molecule has 0 atom stereocenters. The average Bonchev–Trinajstić information content (AvgIpc) is 3.26. The van der Waals surface area contributed by atoms with Gasteiger partial charge in [-0.2, -0.15) is 0 Å². The van der Waals surface area contributed by atoms with Crippen molar-refractivity contribution in [1.82, 2.24) is 14.5 Å². The van der Waals surface area contributed by atoms with E-state index in [4.69, 9.17) is 0 Å². The number of benzene rings is 3. The lowest BCUT2D eigenvalue weighted by Crippen LogP contribution is -2.12. The number of rotatable bonds is 5. The summed E-state index contributed by atoms with van der Waals surface area (Å²) in [5.41, 5.74) is 3.85. The second kappa shape index (κ2) is 8.87. The molecule has 5 rings (SSSR count). The molecule has 164 valence electrons. The van der Waals surface area contributed by atoms with Crippen molar-refractivity contribution in [3.63, 3.8) is 0 Å². The molecule has 0 aliphatic carbocycles. The molecule has 8 nitrogen and oxygen atoms in total. The Balaban J connectivity index is 1.51. The van der Waals surface area contributed by atoms with Crippen molar-refractivity contribution < 1.29 is 9.72 Å². The second-order valence-corrected chi connectivity index (χ2v) is 7.44. The lowest BCUT2D eigenvalue weighted by atomic mass is 10.1. The monoisotopic (exact) mass is 447 g/mol. The summed E-state index contributed by atoms with van der Waals surface area (Å²) in [7, 11) is 0. The van der Waals surface area contributed by atoms with Crippen LogP contribution < -0.4 is 0 Å². The summed E-state index contributed by atoms with van der Waals surface area (Å²) in [6, 6.07) is 26.2. The number of aromatic nitrogens is 3. The van der Waals surface area contributed by atoms with E-state index in [0.29, 0.717) is 11.0 Å². The first-order chi connectivity index (χ1) is 16.6. The molecular weight excluding hydrogens is 430 g/mol. The maximum Gasteiger partial charge on any atom is 0.270 e. The van der Waals surface area contributed by atoms with E-state index in [1.807, 2.05) is 48.5 Å². The van der Waals surface area contributed by atoms with E-state index in [9.17, 15) is 14.9 Å². The largest absolute Gasteiger partial charge is 0.270 e. The molecule has 0 spiro atoms. The van der Waals surface area contributed by atoms with Crippen LogP contribution in [0.25, 0.3) is 22.3 Å². The molecule has 0 saturated heterocycles. The molecule has 3 aromatic carbocycles. The first kappa shape index (κ1) is 20.9. The number of aliphatic imine (C=N–C) groups is 1. The van der Waals surface area contributed by atoms with E-state index >= 15 is 0 Å². The van der Waals surface area contributed by atoms with Crippen LogP contribution in [-0.4, -0.2) is 31.6 Å². The fourth-order valence-corrected chi connectivity index (χ4v) is 3.59. The van der Waals surface area contributed by atoms with E-state index < -0.39 is 10.8 Å². The highest BCUT2D eigenvalue weighted by Crippen LogP contribution is 2.25. The third kappa shape index (κ3) is 4.07. The van der Waals surface area contributed by atoms with Gasteiger partial charge in [-0.15, -0.1) is 0 Å². The summed E-state index contributed by atoms with van der Waals surface area (Å²) < 4.78 is 1.37. The minimum Gasteiger partial charge on any atom is -0.268 e. The van der Waals surface area contributed by atoms with Crippen LogP contribution in [0.5, 0.6) is 0 Å². The number of carbonyl (C=O) groups is 1. The predicted octanol–water partition coefficient (Wildman–Crippen LogP) is 5.45. The van der Waals surface area contributed by atoms with Gasteiger partial charge in [0, 0.05) is 35.7 Å². The Kier molecular flexibility index (Phi) is 5.45. The van der Waals surface area contributed by atoms with E-state index in [-0.39, 0.29) is 17.2 Å². The van der Waals surface area contributed by atoms with E-state index in [2.05, 4.69) is 15.0 Å². The van der Waals surface area contributed by atoms with E-state index in [1.54, 1.807) is 30.6 Å². The highest BCUT2D eigenvalue weighted by molar-refractivity contribution is 6.04. The van der Waals surface area contributed by atoms with Crippen molar-refractivity contribution in [2.45, 2.75) is 0 Å². The van der Waals surface area contributed by atoms with Crippen LogP contribution in [0.2, 0.25) is 0 Å². The third-order valence-corrected chi connectivity index (χ3v) is 5.25. The van der Waals surface area contributed by atoms with Crippen molar-refractivity contribution in [2.75, 3.05) is 0 Å². The molecule has 2 heterocycles. The Morgan fingerprint density at radius 2 is 1.74 bits per heavy atom. The molecule has 0 aliphatic heterocycles. The molecule has 0 aliphatic rings. The van der Waals surface area contributed by atoms with Crippen LogP contribution in [-0.2, 0) is 0 Å². The van der Waals surface area contributed by atoms with Crippen molar-refractivity contribution in [2.24, 2.45) is 4.99 Å². The van der Waals surface area contributed by atoms with Crippen molar-refractivity contribution in [1.29, 1.82) is 0 Å². The lowest BCUT2D eigenvalue weighted by Gasteiger charge is -2.05. The summed E-state index contributed by atoms with van der Waals surface area (Å²) in [5.74, 6) is -0.262. The van der Waals surface area contributed by atoms with Gasteiger partial charge in [-0.25, -0.2) is 14.5 Å². The average molecular weight is 447 g/mol. The molecule has 8 heteroatoms. The Morgan fingerprint density at radius 3 is 2.50 bits per heavy atom. The Labute approximate surface area is 194 Å². The first-order valence-electron chi connectivity index (χ1n) is 10.4. The van der Waals surface area contributed by atoms with Gasteiger partial charge in [0.25, 0.3) is 11.6 Å². The molecule has 0 N–H and O–H groups in total. The highest BCUT2D eigenvalue weighted by atomic mass is 16.6. The van der Waals surface area contributed by atoms with Crippen LogP contribution in [0.15, 0.2) is 102 Å². The van der Waals surface area contributed by atoms with Gasteiger partial charge in [0.15, 0.2) is 0 Å². The number of para-hydroxylation sites is 2. The summed E-state index contributed by atoms with van der Waals surface area (Å²) in [5, 5.41) is 11.2. The molecular formula is C26H17N5O3. The molecule has 0 radical (unpaired) electrons. The zero-order valence-electron chi connectivity index (χ0n) is 17.8. The third-order valence-electron chi connectivity index (χ3n) is 5.25. The number of non-ortho nitro benzene ring substituents is 1. The number of hydrogen-bond donors (Lipinski definition) is 0. The van der Waals surface area contributed by atoms with Crippen molar-refractivity contribution >= 4 is 34.8 Å². The number of nitrogens with zero attached hydrogens (tertiary/aromatic N) is 5. The minimum atomic E-state index is -0.531. The van der Waals surface area contributed by atoms with Gasteiger partial charge in [0.1, 0.15) is 0 Å². The molecule has 5 aromatic rings. The van der Waals surface area contributed by atoms with Crippen LogP contribution in [0, 0.1) is 10.1 Å². The van der Waals surface area contributed by atoms with Gasteiger partial charge in [-0.1, -0.05) is 48.5 Å². The molecule has 0 saturated carbocycles. The molecule has 2 aromatic heterocycles. The summed E-state index contributed by atoms with van der Waals surface area (Å²) >= 11 is 0. The quantitative estimate of drug-likeness (QED) is 0.203. The van der Waals surface area contributed by atoms with Crippen LogP contribution in [0.4, 0.5) is 11.6 Å². The summed E-state index contributed by atoms with van der Waals surface area (Å²) in [6.45, 7) is 0. The molecule has 34 heavy (non-hydrogen) atoms. The molecule has 0 unspecified atom stereocenters. The van der Waals surface area contributed by atoms with Crippen molar-refractivity contribution in [3.8, 4) is 11.3 Å². The Bertz CT molecular complexity index is 1540. The predicted molar refractivity (Wildman–Crippen MR) is 129 cm³/mol. The number of imidazole rings is 1.